The molecule has 0 bridgehead atoms. The van der Waals surface area contributed by atoms with Gasteiger partial charge in [0.2, 0.25) is 5.95 Å². The van der Waals surface area contributed by atoms with Gasteiger partial charge in [-0.05, 0) is 18.2 Å². The van der Waals surface area contributed by atoms with E-state index in [1.54, 1.807) is 0 Å². The van der Waals surface area contributed by atoms with Gasteiger partial charge < -0.3 is 20.1 Å². The molecule has 0 aliphatic carbocycles. The highest BCUT2D eigenvalue weighted by molar-refractivity contribution is 6.35. The van der Waals surface area contributed by atoms with E-state index in [1.807, 2.05) is 0 Å². The highest BCUT2D eigenvalue weighted by Crippen LogP contribution is 2.33. The molecule has 0 aliphatic heterocycles. The zero-order valence-corrected chi connectivity index (χ0v) is 13.7. The maximum Gasteiger partial charge on any atom is 0.339 e. The van der Waals surface area contributed by atoms with Crippen LogP contribution in [-0.2, 0) is 0 Å². The summed E-state index contributed by atoms with van der Waals surface area (Å²) in [5.74, 6) is -1.51. The summed E-state index contributed by atoms with van der Waals surface area (Å²) in [4.78, 5) is 18.3. The van der Waals surface area contributed by atoms with Gasteiger partial charge in [0.05, 0.1) is 33.9 Å². The number of rotatable bonds is 4. The summed E-state index contributed by atoms with van der Waals surface area (Å²) >= 11 is 11.7. The van der Waals surface area contributed by atoms with Crippen LogP contribution < -0.4 is 10.1 Å². The Labute approximate surface area is 145 Å². The van der Waals surface area contributed by atoms with Crippen LogP contribution in [0.4, 0.5) is 16.0 Å². The Balaban J connectivity index is 2.06. The molecule has 1 heterocycles. The first-order chi connectivity index (χ1) is 11.4. The number of benzene rings is 2. The van der Waals surface area contributed by atoms with Gasteiger partial charge in [0, 0.05) is 6.07 Å². The molecule has 1 aromatic heterocycles. The summed E-state index contributed by atoms with van der Waals surface area (Å²) in [5.41, 5.74) is 0.827. The third-order valence-electron chi connectivity index (χ3n) is 3.32. The van der Waals surface area contributed by atoms with Crippen LogP contribution in [0.1, 0.15) is 10.4 Å². The topological polar surface area (TPSA) is 87.2 Å². The van der Waals surface area contributed by atoms with Gasteiger partial charge in [0.1, 0.15) is 11.3 Å². The van der Waals surface area contributed by atoms with Crippen molar-refractivity contribution in [2.75, 3.05) is 12.4 Å². The van der Waals surface area contributed by atoms with Crippen LogP contribution in [0, 0.1) is 5.82 Å². The van der Waals surface area contributed by atoms with Gasteiger partial charge in [-0.15, -0.1) is 0 Å². The lowest BCUT2D eigenvalue weighted by Gasteiger charge is -2.07. The smallest absolute Gasteiger partial charge is 0.339 e. The first kappa shape index (κ1) is 16.4. The van der Waals surface area contributed by atoms with Crippen molar-refractivity contribution in [2.24, 2.45) is 0 Å². The SMILES string of the molecule is COc1cc2nc(Nc3c(Cl)ccc(Cl)c3F)[nH]c2cc1C(=O)O. The number of aromatic amines is 1. The predicted octanol–water partition coefficient (Wildman–Crippen LogP) is 4.46. The zero-order valence-electron chi connectivity index (χ0n) is 12.2. The molecule has 0 saturated carbocycles. The molecular weight excluding hydrogens is 360 g/mol. The number of fused-ring (bicyclic) bond motifs is 1. The average Bonchev–Trinajstić information content (AvgIpc) is 2.95. The molecule has 6 nitrogen and oxygen atoms in total. The van der Waals surface area contributed by atoms with Crippen molar-refractivity contribution in [1.82, 2.24) is 9.97 Å². The number of methoxy groups -OCH3 is 1. The van der Waals surface area contributed by atoms with Crippen molar-refractivity contribution in [2.45, 2.75) is 0 Å². The lowest BCUT2D eigenvalue weighted by molar-refractivity contribution is 0.0693. The maximum absolute atomic E-state index is 14.1. The Hall–Kier alpha value is -2.51. The predicted molar refractivity (Wildman–Crippen MR) is 89.3 cm³/mol. The van der Waals surface area contributed by atoms with E-state index < -0.39 is 11.8 Å². The first-order valence-electron chi connectivity index (χ1n) is 6.62. The van der Waals surface area contributed by atoms with Crippen LogP contribution in [0.25, 0.3) is 11.0 Å². The number of H-pyrrole nitrogens is 1. The lowest BCUT2D eigenvalue weighted by atomic mass is 10.2. The Kier molecular flexibility index (Phi) is 4.21. The van der Waals surface area contributed by atoms with Gasteiger partial charge in [-0.25, -0.2) is 14.2 Å². The molecule has 124 valence electrons. The molecular formula is C15H10Cl2FN3O3. The third-order valence-corrected chi connectivity index (χ3v) is 3.93. The molecule has 3 N–H and O–H groups in total. The van der Waals surface area contributed by atoms with Crippen LogP contribution in [0.2, 0.25) is 10.0 Å². The van der Waals surface area contributed by atoms with Crippen LogP contribution in [0.5, 0.6) is 5.75 Å². The molecule has 0 radical (unpaired) electrons. The van der Waals surface area contributed by atoms with Crippen molar-refractivity contribution in [1.29, 1.82) is 0 Å². The Bertz CT molecular complexity index is 959. The number of halogens is 3. The Morgan fingerprint density at radius 3 is 2.71 bits per heavy atom. The molecule has 2 aromatic carbocycles. The van der Waals surface area contributed by atoms with E-state index in [2.05, 4.69) is 15.3 Å². The number of hydrogen-bond donors (Lipinski definition) is 3. The minimum Gasteiger partial charge on any atom is -0.496 e. The number of aromatic nitrogens is 2. The minimum absolute atomic E-state index is 0.0211. The highest BCUT2D eigenvalue weighted by atomic mass is 35.5. The van der Waals surface area contributed by atoms with Gasteiger partial charge in [0.15, 0.2) is 5.82 Å². The average molecular weight is 370 g/mol. The quantitative estimate of drug-likeness (QED) is 0.591. The normalized spacial score (nSPS) is 10.8. The van der Waals surface area contributed by atoms with E-state index in [1.165, 1.54) is 31.4 Å². The largest absolute Gasteiger partial charge is 0.496 e. The van der Waals surface area contributed by atoms with Crippen LogP contribution >= 0.6 is 23.2 Å². The summed E-state index contributed by atoms with van der Waals surface area (Å²) in [6.07, 6.45) is 0. The van der Waals surface area contributed by atoms with Crippen molar-refractivity contribution >= 4 is 51.8 Å². The number of nitrogens with one attached hydrogen (secondary N) is 2. The molecule has 0 spiro atoms. The second kappa shape index (κ2) is 6.18. The van der Waals surface area contributed by atoms with Crippen molar-refractivity contribution in [3.63, 3.8) is 0 Å². The fourth-order valence-corrected chi connectivity index (χ4v) is 2.54. The second-order valence-electron chi connectivity index (χ2n) is 4.80. The van der Waals surface area contributed by atoms with E-state index in [4.69, 9.17) is 27.9 Å². The molecule has 0 amide bonds. The Morgan fingerprint density at radius 1 is 1.33 bits per heavy atom. The van der Waals surface area contributed by atoms with Gasteiger partial charge in [-0.2, -0.15) is 0 Å². The van der Waals surface area contributed by atoms with Crippen LogP contribution in [-0.4, -0.2) is 28.2 Å². The van der Waals surface area contributed by atoms with E-state index in [9.17, 15) is 14.3 Å². The molecule has 0 saturated heterocycles. The van der Waals surface area contributed by atoms with E-state index in [0.717, 1.165) is 0 Å². The van der Waals surface area contributed by atoms with Gasteiger partial charge in [-0.3, -0.25) is 0 Å². The number of carbonyl (C=O) groups is 1. The number of imidazole rings is 1. The number of carboxylic acids is 1. The molecule has 0 atom stereocenters. The fraction of sp³-hybridized carbons (Fsp3) is 0.0667. The molecule has 0 unspecified atom stereocenters. The van der Waals surface area contributed by atoms with Crippen molar-refractivity contribution < 1.29 is 19.0 Å². The summed E-state index contributed by atoms with van der Waals surface area (Å²) in [6, 6.07) is 5.64. The number of hydrogen-bond acceptors (Lipinski definition) is 4. The number of nitrogens with zero attached hydrogens (tertiary/aromatic N) is 1. The number of anilines is 2. The van der Waals surface area contributed by atoms with Gasteiger partial charge >= 0.3 is 5.97 Å². The van der Waals surface area contributed by atoms with Crippen LogP contribution in [0.15, 0.2) is 24.3 Å². The van der Waals surface area contributed by atoms with E-state index in [0.29, 0.717) is 11.0 Å². The summed E-state index contributed by atoms with van der Waals surface area (Å²) in [5, 5.41) is 11.9. The lowest BCUT2D eigenvalue weighted by Crippen LogP contribution is -2.00. The zero-order chi connectivity index (χ0) is 17.4. The minimum atomic E-state index is -1.14. The van der Waals surface area contributed by atoms with E-state index in [-0.39, 0.29) is 33.0 Å². The monoisotopic (exact) mass is 369 g/mol. The van der Waals surface area contributed by atoms with E-state index >= 15 is 0 Å². The summed E-state index contributed by atoms with van der Waals surface area (Å²) < 4.78 is 19.1. The number of ether oxygens (including phenoxy) is 1. The standard InChI is InChI=1S/C15H10Cl2FN3O3/c1-24-11-5-10-9(4-6(11)14(22)23)19-15(20-10)21-13-8(17)3-2-7(16)12(13)18/h2-5H,1H3,(H,22,23)(H2,19,20,21). The van der Waals surface area contributed by atoms with Gasteiger partial charge in [-0.1, -0.05) is 23.2 Å². The first-order valence-corrected chi connectivity index (χ1v) is 7.38. The molecule has 24 heavy (non-hydrogen) atoms. The number of carboxylic acid groups (broad SMARTS) is 1. The van der Waals surface area contributed by atoms with Crippen LogP contribution in [0.3, 0.4) is 0 Å². The number of aromatic carboxylic acids is 1. The second-order valence-corrected chi connectivity index (χ2v) is 5.62. The summed E-state index contributed by atoms with van der Waals surface area (Å²) in [6.45, 7) is 0. The highest BCUT2D eigenvalue weighted by Gasteiger charge is 2.16. The molecule has 3 aromatic rings. The molecule has 0 aliphatic rings. The third kappa shape index (κ3) is 2.83. The molecule has 0 fully saturated rings. The van der Waals surface area contributed by atoms with Gasteiger partial charge in [0.25, 0.3) is 0 Å². The summed E-state index contributed by atoms with van der Waals surface area (Å²) in [7, 11) is 1.36. The fourth-order valence-electron chi connectivity index (χ4n) is 2.19. The maximum atomic E-state index is 14.1. The van der Waals surface area contributed by atoms with Crippen molar-refractivity contribution in [3.05, 3.63) is 45.7 Å². The Morgan fingerprint density at radius 2 is 2.04 bits per heavy atom. The molecule has 9 heteroatoms. The van der Waals surface area contributed by atoms with Crippen molar-refractivity contribution in [3.8, 4) is 5.75 Å². The molecule has 3 rings (SSSR count).